The van der Waals surface area contributed by atoms with Crippen LogP contribution in [-0.2, 0) is 0 Å². The fraction of sp³-hybridized carbons (Fsp3) is 0. The molecule has 0 aliphatic rings. The van der Waals surface area contributed by atoms with Crippen molar-refractivity contribution < 1.29 is 4.79 Å². The van der Waals surface area contributed by atoms with Gasteiger partial charge in [-0.1, -0.05) is 72.7 Å². The van der Waals surface area contributed by atoms with Crippen molar-refractivity contribution in [2.24, 2.45) is 0 Å². The molecule has 2 heteroatoms. The summed E-state index contributed by atoms with van der Waals surface area (Å²) in [5.41, 5.74) is 4.85. The third kappa shape index (κ3) is 3.09. The van der Waals surface area contributed by atoms with E-state index in [1.54, 1.807) is 12.1 Å². The molecule has 0 atom stereocenters. The number of aromatic nitrogens is 1. The Kier molecular flexibility index (Phi) is 4.20. The molecule has 0 amide bonds. The molecule has 5 aromatic rings. The van der Waals surface area contributed by atoms with Gasteiger partial charge in [-0.25, -0.2) is 0 Å². The zero-order chi connectivity index (χ0) is 19.6. The first-order chi connectivity index (χ1) is 14.3. The average Bonchev–Trinajstić information content (AvgIpc) is 3.13. The number of nitrogens with zero attached hydrogens (tertiary/aromatic N) is 1. The van der Waals surface area contributed by atoms with Crippen LogP contribution >= 0.6 is 0 Å². The van der Waals surface area contributed by atoms with Gasteiger partial charge < -0.3 is 4.57 Å². The van der Waals surface area contributed by atoms with Crippen molar-refractivity contribution in [3.05, 3.63) is 114 Å². The number of benzene rings is 4. The number of carbonyl (C=O) groups excluding carboxylic acids is 1. The minimum Gasteiger partial charge on any atom is -0.309 e. The Labute approximate surface area is 169 Å². The van der Waals surface area contributed by atoms with Gasteiger partial charge in [0.15, 0.2) is 0 Å². The topological polar surface area (TPSA) is 22.0 Å². The number of para-hydroxylation sites is 2. The van der Waals surface area contributed by atoms with E-state index in [2.05, 4.69) is 77.1 Å². The molecule has 0 fully saturated rings. The molecule has 0 saturated heterocycles. The summed E-state index contributed by atoms with van der Waals surface area (Å²) < 4.78 is 2.26. The van der Waals surface area contributed by atoms with Gasteiger partial charge in [0, 0.05) is 27.6 Å². The van der Waals surface area contributed by atoms with Crippen molar-refractivity contribution in [3.8, 4) is 17.5 Å². The van der Waals surface area contributed by atoms with Gasteiger partial charge in [0.1, 0.15) is 0 Å². The van der Waals surface area contributed by atoms with Crippen molar-refractivity contribution in [2.75, 3.05) is 0 Å². The fourth-order valence-corrected chi connectivity index (χ4v) is 3.69. The Morgan fingerprint density at radius 1 is 0.621 bits per heavy atom. The molecule has 5 rings (SSSR count). The standard InChI is InChI=1S/C27H17NO/c29-27(21-8-2-1-3-9-21)19-16-20-14-17-22(18-15-20)28-25-12-6-4-10-23(25)24-11-5-7-13-26(24)28/h1-15,17-18H. The second kappa shape index (κ2) is 7.14. The lowest BCUT2D eigenvalue weighted by molar-refractivity contribution is 0.105. The average molecular weight is 371 g/mol. The second-order valence-corrected chi connectivity index (χ2v) is 6.86. The summed E-state index contributed by atoms with van der Waals surface area (Å²) in [4.78, 5) is 12.2. The van der Waals surface area contributed by atoms with Gasteiger partial charge in [-0.3, -0.25) is 4.79 Å². The van der Waals surface area contributed by atoms with Crippen LogP contribution in [0.15, 0.2) is 103 Å². The van der Waals surface area contributed by atoms with Crippen LogP contribution < -0.4 is 0 Å². The molecule has 0 bridgehead atoms. The summed E-state index contributed by atoms with van der Waals surface area (Å²) >= 11 is 0. The molecule has 29 heavy (non-hydrogen) atoms. The zero-order valence-corrected chi connectivity index (χ0v) is 15.7. The van der Waals surface area contributed by atoms with Crippen LogP contribution in [0.1, 0.15) is 15.9 Å². The van der Waals surface area contributed by atoms with Crippen LogP contribution in [0.25, 0.3) is 27.5 Å². The predicted octanol–water partition coefficient (Wildman–Crippen LogP) is 6.02. The van der Waals surface area contributed by atoms with Gasteiger partial charge in [0.2, 0.25) is 5.78 Å². The molecule has 2 nitrogen and oxygen atoms in total. The normalized spacial score (nSPS) is 10.6. The summed E-state index contributed by atoms with van der Waals surface area (Å²) in [7, 11) is 0. The highest BCUT2D eigenvalue weighted by molar-refractivity contribution is 6.10. The maximum atomic E-state index is 12.2. The van der Waals surface area contributed by atoms with Gasteiger partial charge in [-0.05, 0) is 42.3 Å². The molecule has 136 valence electrons. The van der Waals surface area contributed by atoms with E-state index < -0.39 is 0 Å². The van der Waals surface area contributed by atoms with E-state index in [1.165, 1.54) is 21.8 Å². The van der Waals surface area contributed by atoms with Crippen molar-refractivity contribution >= 4 is 27.6 Å². The lowest BCUT2D eigenvalue weighted by Gasteiger charge is -2.07. The summed E-state index contributed by atoms with van der Waals surface area (Å²) in [6.07, 6.45) is 0. The Hall–Kier alpha value is -4.09. The van der Waals surface area contributed by atoms with Gasteiger partial charge >= 0.3 is 0 Å². The van der Waals surface area contributed by atoms with E-state index in [1.807, 2.05) is 30.3 Å². The van der Waals surface area contributed by atoms with Crippen LogP contribution in [0.2, 0.25) is 0 Å². The first-order valence-electron chi connectivity index (χ1n) is 9.51. The first-order valence-corrected chi connectivity index (χ1v) is 9.51. The number of hydrogen-bond donors (Lipinski definition) is 0. The summed E-state index contributed by atoms with van der Waals surface area (Å²) in [5.74, 6) is 5.54. The Balaban J connectivity index is 1.53. The summed E-state index contributed by atoms with van der Waals surface area (Å²) in [6.45, 7) is 0. The van der Waals surface area contributed by atoms with E-state index in [-0.39, 0.29) is 5.78 Å². The number of fused-ring (bicyclic) bond motifs is 3. The number of hydrogen-bond acceptors (Lipinski definition) is 1. The Bertz CT molecular complexity index is 1340. The molecule has 1 aromatic heterocycles. The second-order valence-electron chi connectivity index (χ2n) is 6.86. The molecular formula is C27H17NO. The van der Waals surface area contributed by atoms with E-state index in [0.717, 1.165) is 11.3 Å². The van der Waals surface area contributed by atoms with Crippen LogP contribution in [0.4, 0.5) is 0 Å². The lowest BCUT2D eigenvalue weighted by atomic mass is 10.1. The molecule has 0 spiro atoms. The van der Waals surface area contributed by atoms with E-state index in [9.17, 15) is 4.79 Å². The maximum Gasteiger partial charge on any atom is 0.236 e. The van der Waals surface area contributed by atoms with Crippen molar-refractivity contribution in [3.63, 3.8) is 0 Å². The van der Waals surface area contributed by atoms with Gasteiger partial charge in [-0.15, -0.1) is 0 Å². The van der Waals surface area contributed by atoms with Crippen LogP contribution in [0.3, 0.4) is 0 Å². The third-order valence-corrected chi connectivity index (χ3v) is 5.06. The van der Waals surface area contributed by atoms with Crippen LogP contribution in [0.5, 0.6) is 0 Å². The first kappa shape index (κ1) is 17.0. The van der Waals surface area contributed by atoms with Gasteiger partial charge in [-0.2, -0.15) is 0 Å². The number of Topliss-reactive ketones (excluding diaryl/α,β-unsaturated/α-hetero) is 1. The number of carbonyl (C=O) groups is 1. The largest absolute Gasteiger partial charge is 0.309 e. The summed E-state index contributed by atoms with van der Waals surface area (Å²) in [6, 6.07) is 34.0. The van der Waals surface area contributed by atoms with E-state index in [0.29, 0.717) is 5.56 Å². The van der Waals surface area contributed by atoms with Crippen LogP contribution in [-0.4, -0.2) is 10.4 Å². The number of rotatable bonds is 2. The minimum atomic E-state index is -0.169. The molecule has 0 unspecified atom stereocenters. The summed E-state index contributed by atoms with van der Waals surface area (Å²) in [5, 5.41) is 2.47. The molecule has 0 radical (unpaired) electrons. The molecule has 0 aliphatic carbocycles. The zero-order valence-electron chi connectivity index (χ0n) is 15.7. The number of ketones is 1. The quantitative estimate of drug-likeness (QED) is 0.275. The Morgan fingerprint density at radius 3 is 1.79 bits per heavy atom. The van der Waals surface area contributed by atoms with E-state index in [4.69, 9.17) is 0 Å². The molecule has 1 heterocycles. The molecule has 0 saturated carbocycles. The highest BCUT2D eigenvalue weighted by Crippen LogP contribution is 2.31. The highest BCUT2D eigenvalue weighted by Gasteiger charge is 2.10. The molecule has 4 aromatic carbocycles. The third-order valence-electron chi connectivity index (χ3n) is 5.06. The smallest absolute Gasteiger partial charge is 0.236 e. The van der Waals surface area contributed by atoms with E-state index >= 15 is 0 Å². The predicted molar refractivity (Wildman–Crippen MR) is 118 cm³/mol. The highest BCUT2D eigenvalue weighted by atomic mass is 16.1. The molecular weight excluding hydrogens is 354 g/mol. The van der Waals surface area contributed by atoms with Crippen molar-refractivity contribution in [2.45, 2.75) is 0 Å². The monoisotopic (exact) mass is 371 g/mol. The lowest BCUT2D eigenvalue weighted by Crippen LogP contribution is -1.95. The van der Waals surface area contributed by atoms with Gasteiger partial charge in [0.05, 0.1) is 11.0 Å². The van der Waals surface area contributed by atoms with Crippen molar-refractivity contribution in [1.82, 2.24) is 4.57 Å². The minimum absolute atomic E-state index is 0.169. The van der Waals surface area contributed by atoms with Crippen molar-refractivity contribution in [1.29, 1.82) is 0 Å². The Morgan fingerprint density at radius 2 is 1.17 bits per heavy atom. The van der Waals surface area contributed by atoms with Crippen LogP contribution in [0, 0.1) is 11.8 Å². The molecule has 0 aliphatic heterocycles. The fourth-order valence-electron chi connectivity index (χ4n) is 3.69. The maximum absolute atomic E-state index is 12.2. The molecule has 0 N–H and O–H groups in total. The van der Waals surface area contributed by atoms with Gasteiger partial charge in [0.25, 0.3) is 0 Å². The SMILES string of the molecule is O=C(C#Cc1ccc(-n2c3ccccc3c3ccccc32)cc1)c1ccccc1.